The molecule has 0 atom stereocenters. The number of hydrogen-bond donors (Lipinski definition) is 2. The lowest BCUT2D eigenvalue weighted by Gasteiger charge is -2.06. The molecule has 3 aromatic rings. The van der Waals surface area contributed by atoms with Crippen LogP contribution in [0.15, 0.2) is 59.8 Å². The summed E-state index contributed by atoms with van der Waals surface area (Å²) >= 11 is 1.19. The van der Waals surface area contributed by atoms with Gasteiger partial charge in [-0.3, -0.25) is 4.79 Å². The molecule has 0 spiro atoms. The summed E-state index contributed by atoms with van der Waals surface area (Å²) in [5.74, 6) is 7.33. The van der Waals surface area contributed by atoms with Gasteiger partial charge in [0.2, 0.25) is 5.16 Å². The number of aromatic nitrogens is 3. The van der Waals surface area contributed by atoms with Gasteiger partial charge in [-0.05, 0) is 36.4 Å². The number of benzene rings is 2. The van der Waals surface area contributed by atoms with E-state index >= 15 is 0 Å². The second-order valence-corrected chi connectivity index (χ2v) is 6.07. The minimum atomic E-state index is -0.0879. The van der Waals surface area contributed by atoms with Crippen LogP contribution in [0.5, 0.6) is 11.5 Å². The Balaban J connectivity index is 1.57. The van der Waals surface area contributed by atoms with Crippen LogP contribution < -0.4 is 10.6 Å². The molecule has 0 amide bonds. The molecule has 0 saturated carbocycles. The van der Waals surface area contributed by atoms with Crippen molar-refractivity contribution in [3.8, 4) is 11.5 Å². The largest absolute Gasteiger partial charge is 0.508 e. The monoisotopic (exact) mass is 356 g/mol. The van der Waals surface area contributed by atoms with Crippen LogP contribution in [0.25, 0.3) is 0 Å². The van der Waals surface area contributed by atoms with E-state index < -0.39 is 0 Å². The number of aromatic hydroxyl groups is 1. The van der Waals surface area contributed by atoms with Gasteiger partial charge >= 0.3 is 0 Å². The molecule has 3 N–H and O–H groups in total. The number of Topliss-reactive ketones (excluding diaryl/α,β-unsaturated/α-hetero) is 1. The number of para-hydroxylation sites is 1. The summed E-state index contributed by atoms with van der Waals surface area (Å²) in [7, 11) is 0. The van der Waals surface area contributed by atoms with Crippen molar-refractivity contribution in [3.63, 3.8) is 0 Å². The standard InChI is InChI=1S/C17H16N4O3S/c18-21-16(10-24-14-4-2-1-3-5-14)19-20-17(21)25-11-15(23)12-6-8-13(22)9-7-12/h1-9,22H,10-11,18H2. The summed E-state index contributed by atoms with van der Waals surface area (Å²) in [6.07, 6.45) is 0. The van der Waals surface area contributed by atoms with Crippen molar-refractivity contribution in [3.05, 3.63) is 66.0 Å². The molecule has 0 aliphatic rings. The van der Waals surface area contributed by atoms with Crippen molar-refractivity contribution in [2.45, 2.75) is 11.8 Å². The highest BCUT2D eigenvalue weighted by atomic mass is 32.2. The van der Waals surface area contributed by atoms with Crippen LogP contribution in [0, 0.1) is 0 Å². The lowest BCUT2D eigenvalue weighted by molar-refractivity contribution is 0.102. The highest BCUT2D eigenvalue weighted by Crippen LogP contribution is 2.18. The third-order valence-corrected chi connectivity index (χ3v) is 4.31. The van der Waals surface area contributed by atoms with Crippen molar-refractivity contribution in [1.29, 1.82) is 0 Å². The molecule has 0 bridgehead atoms. The van der Waals surface area contributed by atoms with E-state index in [1.54, 1.807) is 12.1 Å². The van der Waals surface area contributed by atoms with Gasteiger partial charge in [0.25, 0.3) is 0 Å². The van der Waals surface area contributed by atoms with Gasteiger partial charge in [-0.25, -0.2) is 4.68 Å². The molecular weight excluding hydrogens is 340 g/mol. The highest BCUT2D eigenvalue weighted by molar-refractivity contribution is 7.99. The minimum absolute atomic E-state index is 0.0879. The molecule has 1 aromatic heterocycles. The Labute approximate surface area is 148 Å². The normalized spacial score (nSPS) is 10.6. The summed E-state index contributed by atoms with van der Waals surface area (Å²) in [4.78, 5) is 12.1. The Morgan fingerprint density at radius 3 is 2.56 bits per heavy atom. The summed E-state index contributed by atoms with van der Waals surface area (Å²) in [5.41, 5.74) is 0.515. The first-order valence-electron chi connectivity index (χ1n) is 7.46. The molecule has 3 rings (SSSR count). The zero-order chi connectivity index (χ0) is 17.6. The zero-order valence-electron chi connectivity index (χ0n) is 13.2. The van der Waals surface area contributed by atoms with Crippen molar-refractivity contribution < 1.29 is 14.6 Å². The first-order chi connectivity index (χ1) is 12.1. The van der Waals surface area contributed by atoms with Gasteiger partial charge in [0.15, 0.2) is 11.6 Å². The van der Waals surface area contributed by atoms with Gasteiger partial charge in [0.1, 0.15) is 18.1 Å². The first kappa shape index (κ1) is 16.8. The number of ketones is 1. The van der Waals surface area contributed by atoms with Gasteiger partial charge in [0.05, 0.1) is 5.75 Å². The number of nitrogen functional groups attached to an aromatic ring is 1. The van der Waals surface area contributed by atoms with Crippen LogP contribution in [-0.2, 0) is 6.61 Å². The summed E-state index contributed by atoms with van der Waals surface area (Å²) in [6.45, 7) is 0.181. The number of hydrogen-bond acceptors (Lipinski definition) is 7. The molecule has 1 heterocycles. The fraction of sp³-hybridized carbons (Fsp3) is 0.118. The Morgan fingerprint density at radius 1 is 1.12 bits per heavy atom. The number of rotatable bonds is 7. The number of thioether (sulfide) groups is 1. The van der Waals surface area contributed by atoms with Crippen molar-refractivity contribution in [1.82, 2.24) is 14.9 Å². The molecule has 7 nitrogen and oxygen atoms in total. The van der Waals surface area contributed by atoms with Crippen LogP contribution in [0.3, 0.4) is 0 Å². The van der Waals surface area contributed by atoms with Crippen LogP contribution in [0.1, 0.15) is 16.2 Å². The quantitative estimate of drug-likeness (QED) is 0.380. The van der Waals surface area contributed by atoms with E-state index in [0.717, 1.165) is 0 Å². The molecule has 25 heavy (non-hydrogen) atoms. The Hall–Kier alpha value is -3.00. The number of nitrogens with zero attached hydrogens (tertiary/aromatic N) is 3. The van der Waals surface area contributed by atoms with Crippen molar-refractivity contribution in [2.75, 3.05) is 11.6 Å². The van der Waals surface area contributed by atoms with E-state index in [1.165, 1.54) is 28.6 Å². The number of carbonyl (C=O) groups excluding carboxylic acids is 1. The van der Waals surface area contributed by atoms with Crippen LogP contribution in [0.4, 0.5) is 0 Å². The topological polar surface area (TPSA) is 103 Å². The molecule has 8 heteroatoms. The summed E-state index contributed by atoms with van der Waals surface area (Å²) in [5, 5.41) is 17.7. The Bertz CT molecular complexity index is 850. The zero-order valence-corrected chi connectivity index (χ0v) is 14.0. The fourth-order valence-electron chi connectivity index (χ4n) is 2.03. The second-order valence-electron chi connectivity index (χ2n) is 5.13. The van der Waals surface area contributed by atoms with E-state index in [1.807, 2.05) is 30.3 Å². The van der Waals surface area contributed by atoms with E-state index in [0.29, 0.717) is 22.3 Å². The molecule has 2 aromatic carbocycles. The third kappa shape index (κ3) is 4.30. The molecule has 128 valence electrons. The average molecular weight is 356 g/mol. The first-order valence-corrected chi connectivity index (χ1v) is 8.44. The predicted octanol–water partition coefficient (Wildman–Crippen LogP) is 2.25. The number of phenolic OH excluding ortho intramolecular Hbond substituents is 1. The number of carbonyl (C=O) groups is 1. The molecule has 0 aliphatic heterocycles. The minimum Gasteiger partial charge on any atom is -0.508 e. The lowest BCUT2D eigenvalue weighted by atomic mass is 10.1. The van der Waals surface area contributed by atoms with E-state index in [-0.39, 0.29) is 23.9 Å². The molecule has 0 fully saturated rings. The SMILES string of the molecule is Nn1c(COc2ccccc2)nnc1SCC(=O)c1ccc(O)cc1. The molecule has 0 saturated heterocycles. The summed E-state index contributed by atoms with van der Waals surface area (Å²) in [6, 6.07) is 15.4. The van der Waals surface area contributed by atoms with Gasteiger partial charge < -0.3 is 15.7 Å². The maximum atomic E-state index is 12.1. The summed E-state index contributed by atoms with van der Waals surface area (Å²) < 4.78 is 6.91. The third-order valence-electron chi connectivity index (χ3n) is 3.37. The number of phenols is 1. The van der Waals surface area contributed by atoms with E-state index in [2.05, 4.69) is 10.2 Å². The van der Waals surface area contributed by atoms with Crippen molar-refractivity contribution >= 4 is 17.5 Å². The predicted molar refractivity (Wildman–Crippen MR) is 94.1 cm³/mol. The molecular formula is C17H16N4O3S. The fourth-order valence-corrected chi connectivity index (χ4v) is 2.80. The van der Waals surface area contributed by atoms with Gasteiger partial charge in [-0.2, -0.15) is 0 Å². The maximum absolute atomic E-state index is 12.1. The lowest BCUT2D eigenvalue weighted by Crippen LogP contribution is -2.16. The van der Waals surface area contributed by atoms with Crippen LogP contribution >= 0.6 is 11.8 Å². The van der Waals surface area contributed by atoms with Crippen molar-refractivity contribution in [2.24, 2.45) is 0 Å². The molecule has 0 unspecified atom stereocenters. The second kappa shape index (κ2) is 7.71. The Morgan fingerprint density at radius 2 is 1.84 bits per heavy atom. The van der Waals surface area contributed by atoms with Crippen LogP contribution in [-0.4, -0.2) is 31.5 Å². The molecule has 0 radical (unpaired) electrons. The van der Waals surface area contributed by atoms with Gasteiger partial charge in [-0.15, -0.1) is 10.2 Å². The highest BCUT2D eigenvalue weighted by Gasteiger charge is 2.14. The van der Waals surface area contributed by atoms with Gasteiger partial charge in [0, 0.05) is 5.56 Å². The number of ether oxygens (including phenoxy) is 1. The van der Waals surface area contributed by atoms with E-state index in [4.69, 9.17) is 10.6 Å². The molecule has 0 aliphatic carbocycles. The number of nitrogens with two attached hydrogens (primary N) is 1. The van der Waals surface area contributed by atoms with E-state index in [9.17, 15) is 9.90 Å². The van der Waals surface area contributed by atoms with Crippen LogP contribution in [0.2, 0.25) is 0 Å². The van der Waals surface area contributed by atoms with Gasteiger partial charge in [-0.1, -0.05) is 30.0 Å². The average Bonchev–Trinajstić information content (AvgIpc) is 2.99. The smallest absolute Gasteiger partial charge is 0.210 e. The maximum Gasteiger partial charge on any atom is 0.210 e. The Kier molecular flexibility index (Phi) is 5.20.